The van der Waals surface area contributed by atoms with Gasteiger partial charge in [0.15, 0.2) is 0 Å². The average molecular weight is 279 g/mol. The van der Waals surface area contributed by atoms with Crippen LogP contribution in [0.2, 0.25) is 0 Å². The lowest BCUT2D eigenvalue weighted by Gasteiger charge is -2.15. The number of rotatable bonds is 7. The maximum atomic E-state index is 5.92. The van der Waals surface area contributed by atoms with Gasteiger partial charge in [-0.15, -0.1) is 0 Å². The smallest absolute Gasteiger partial charge is 0.221 e. The highest BCUT2D eigenvalue weighted by atomic mass is 16.5. The van der Waals surface area contributed by atoms with Gasteiger partial charge in [-0.2, -0.15) is 4.98 Å². The Morgan fingerprint density at radius 3 is 2.85 bits per heavy atom. The Morgan fingerprint density at radius 1 is 1.35 bits per heavy atom. The van der Waals surface area contributed by atoms with Gasteiger partial charge in [0, 0.05) is 25.5 Å². The number of hydrogen-bond acceptors (Lipinski definition) is 5. The van der Waals surface area contributed by atoms with Gasteiger partial charge in [-0.25, -0.2) is 4.98 Å². The molecule has 2 rings (SSSR count). The molecule has 0 aliphatic carbocycles. The van der Waals surface area contributed by atoms with Crippen molar-refractivity contribution in [1.82, 2.24) is 9.97 Å². The van der Waals surface area contributed by atoms with Crippen molar-refractivity contribution >= 4 is 5.82 Å². The standard InChI is InChI=1S/C15H25N3O2/c1-4-6-13-17-14(16-5-2)11(3)15(18-13)20-10-12-7-8-19-9-12/h12H,4-10H2,1-3H3,(H,16,17,18). The van der Waals surface area contributed by atoms with Crippen molar-refractivity contribution in [3.63, 3.8) is 0 Å². The summed E-state index contributed by atoms with van der Waals surface area (Å²) in [6.45, 7) is 9.37. The topological polar surface area (TPSA) is 56.3 Å². The van der Waals surface area contributed by atoms with Gasteiger partial charge in [-0.1, -0.05) is 6.92 Å². The van der Waals surface area contributed by atoms with Gasteiger partial charge in [0.25, 0.3) is 0 Å². The maximum absolute atomic E-state index is 5.92. The van der Waals surface area contributed by atoms with E-state index in [2.05, 4.69) is 29.1 Å². The first-order valence-corrected chi connectivity index (χ1v) is 7.56. The first kappa shape index (κ1) is 15.0. The van der Waals surface area contributed by atoms with Gasteiger partial charge in [-0.3, -0.25) is 0 Å². The highest BCUT2D eigenvalue weighted by molar-refractivity contribution is 5.48. The molecule has 20 heavy (non-hydrogen) atoms. The maximum Gasteiger partial charge on any atom is 0.221 e. The van der Waals surface area contributed by atoms with Gasteiger partial charge in [0.2, 0.25) is 5.88 Å². The van der Waals surface area contributed by atoms with Crippen LogP contribution in [0.4, 0.5) is 5.82 Å². The van der Waals surface area contributed by atoms with Crippen LogP contribution < -0.4 is 10.1 Å². The Morgan fingerprint density at radius 2 is 2.20 bits per heavy atom. The molecule has 1 N–H and O–H groups in total. The molecular formula is C15H25N3O2. The Kier molecular flexibility index (Phi) is 5.59. The zero-order valence-electron chi connectivity index (χ0n) is 12.7. The van der Waals surface area contributed by atoms with E-state index in [1.54, 1.807) is 0 Å². The summed E-state index contributed by atoms with van der Waals surface area (Å²) in [5.74, 6) is 2.95. The van der Waals surface area contributed by atoms with Crippen LogP contribution in [-0.2, 0) is 11.2 Å². The lowest BCUT2D eigenvalue weighted by atomic mass is 10.1. The number of hydrogen-bond donors (Lipinski definition) is 1. The Hall–Kier alpha value is -1.36. The quantitative estimate of drug-likeness (QED) is 0.831. The fourth-order valence-corrected chi connectivity index (χ4v) is 2.27. The largest absolute Gasteiger partial charge is 0.477 e. The van der Waals surface area contributed by atoms with E-state index in [4.69, 9.17) is 9.47 Å². The second kappa shape index (κ2) is 7.43. The summed E-state index contributed by atoms with van der Waals surface area (Å²) in [5, 5.41) is 3.29. The Bertz CT molecular complexity index is 431. The van der Waals surface area contributed by atoms with E-state index in [-0.39, 0.29) is 0 Å². The normalized spacial score (nSPS) is 18.2. The Balaban J connectivity index is 2.11. The zero-order valence-corrected chi connectivity index (χ0v) is 12.7. The van der Waals surface area contributed by atoms with E-state index in [1.807, 2.05) is 6.92 Å². The third-order valence-corrected chi connectivity index (χ3v) is 3.45. The van der Waals surface area contributed by atoms with Crippen molar-refractivity contribution in [3.05, 3.63) is 11.4 Å². The molecule has 1 aliphatic heterocycles. The molecule has 1 fully saturated rings. The predicted octanol–water partition coefficient (Wildman–Crippen LogP) is 2.58. The number of nitrogens with zero attached hydrogens (tertiary/aromatic N) is 2. The van der Waals surface area contributed by atoms with Crippen molar-refractivity contribution < 1.29 is 9.47 Å². The summed E-state index contributed by atoms with van der Waals surface area (Å²) >= 11 is 0. The summed E-state index contributed by atoms with van der Waals surface area (Å²) in [4.78, 5) is 9.12. The molecule has 1 aromatic heterocycles. The van der Waals surface area contributed by atoms with Gasteiger partial charge in [0.05, 0.1) is 18.8 Å². The lowest BCUT2D eigenvalue weighted by Crippen LogP contribution is -2.15. The van der Waals surface area contributed by atoms with Crippen LogP contribution in [0.25, 0.3) is 0 Å². The third-order valence-electron chi connectivity index (χ3n) is 3.45. The number of nitrogens with one attached hydrogen (secondary N) is 1. The lowest BCUT2D eigenvalue weighted by molar-refractivity contribution is 0.165. The Labute approximate surface area is 121 Å². The number of ether oxygens (including phenoxy) is 2. The average Bonchev–Trinajstić information content (AvgIpc) is 2.94. The SMILES string of the molecule is CCCc1nc(NCC)c(C)c(OCC2CCOC2)n1. The fourth-order valence-electron chi connectivity index (χ4n) is 2.27. The third kappa shape index (κ3) is 3.82. The molecule has 1 saturated heterocycles. The zero-order chi connectivity index (χ0) is 14.4. The minimum Gasteiger partial charge on any atom is -0.477 e. The molecule has 0 spiro atoms. The summed E-state index contributed by atoms with van der Waals surface area (Å²) in [7, 11) is 0. The molecule has 0 aromatic carbocycles. The van der Waals surface area contributed by atoms with E-state index < -0.39 is 0 Å². The minimum absolute atomic E-state index is 0.488. The van der Waals surface area contributed by atoms with E-state index in [9.17, 15) is 0 Å². The van der Waals surface area contributed by atoms with E-state index >= 15 is 0 Å². The van der Waals surface area contributed by atoms with Gasteiger partial charge in [-0.05, 0) is 26.7 Å². The first-order chi connectivity index (χ1) is 9.74. The van der Waals surface area contributed by atoms with Crippen LogP contribution in [0.3, 0.4) is 0 Å². The van der Waals surface area contributed by atoms with E-state index in [0.29, 0.717) is 18.4 Å². The number of aryl methyl sites for hydroxylation is 1. The second-order valence-electron chi connectivity index (χ2n) is 5.24. The van der Waals surface area contributed by atoms with Crippen molar-refractivity contribution in [1.29, 1.82) is 0 Å². The molecule has 112 valence electrons. The molecule has 0 radical (unpaired) electrons. The molecule has 0 saturated carbocycles. The highest BCUT2D eigenvalue weighted by Crippen LogP contribution is 2.24. The van der Waals surface area contributed by atoms with Gasteiger partial charge >= 0.3 is 0 Å². The summed E-state index contributed by atoms with van der Waals surface area (Å²) in [6, 6.07) is 0. The predicted molar refractivity (Wildman–Crippen MR) is 79.3 cm³/mol. The van der Waals surface area contributed by atoms with Crippen molar-refractivity contribution in [2.45, 2.75) is 40.0 Å². The van der Waals surface area contributed by atoms with Gasteiger partial charge < -0.3 is 14.8 Å². The van der Waals surface area contributed by atoms with Crippen LogP contribution in [-0.4, -0.2) is 36.3 Å². The number of anilines is 1. The summed E-state index contributed by atoms with van der Waals surface area (Å²) in [5.41, 5.74) is 0.991. The molecular weight excluding hydrogens is 254 g/mol. The van der Waals surface area contributed by atoms with Crippen molar-refractivity contribution in [3.8, 4) is 5.88 Å². The van der Waals surface area contributed by atoms with Crippen LogP contribution in [0.1, 0.15) is 38.1 Å². The van der Waals surface area contributed by atoms with Crippen LogP contribution >= 0.6 is 0 Å². The molecule has 1 aliphatic rings. The highest BCUT2D eigenvalue weighted by Gasteiger charge is 2.18. The molecule has 2 heterocycles. The molecule has 1 aromatic rings. The fraction of sp³-hybridized carbons (Fsp3) is 0.733. The van der Waals surface area contributed by atoms with Gasteiger partial charge in [0.1, 0.15) is 11.6 Å². The summed E-state index contributed by atoms with van der Waals surface area (Å²) in [6.07, 6.45) is 2.98. The van der Waals surface area contributed by atoms with Crippen molar-refractivity contribution in [2.75, 3.05) is 31.7 Å². The van der Waals surface area contributed by atoms with Crippen LogP contribution in [0, 0.1) is 12.8 Å². The molecule has 0 bridgehead atoms. The van der Waals surface area contributed by atoms with Crippen LogP contribution in [0.5, 0.6) is 5.88 Å². The van der Waals surface area contributed by atoms with E-state index in [0.717, 1.165) is 56.2 Å². The number of aromatic nitrogens is 2. The molecule has 5 nitrogen and oxygen atoms in total. The molecule has 1 unspecified atom stereocenters. The molecule has 5 heteroatoms. The first-order valence-electron chi connectivity index (χ1n) is 7.56. The van der Waals surface area contributed by atoms with E-state index in [1.165, 1.54) is 0 Å². The second-order valence-corrected chi connectivity index (χ2v) is 5.24. The van der Waals surface area contributed by atoms with Crippen molar-refractivity contribution in [2.24, 2.45) is 5.92 Å². The summed E-state index contributed by atoms with van der Waals surface area (Å²) < 4.78 is 11.3. The van der Waals surface area contributed by atoms with Crippen LogP contribution in [0.15, 0.2) is 0 Å². The molecule has 0 amide bonds. The molecule has 1 atom stereocenters. The monoisotopic (exact) mass is 279 g/mol. The minimum atomic E-state index is 0.488.